The highest BCUT2D eigenvalue weighted by Crippen LogP contribution is 2.32. The van der Waals surface area contributed by atoms with Gasteiger partial charge in [0.15, 0.2) is 5.76 Å². The summed E-state index contributed by atoms with van der Waals surface area (Å²) in [6, 6.07) is 23.7. The average Bonchev–Trinajstić information content (AvgIpc) is 3.63. The predicted octanol–water partition coefficient (Wildman–Crippen LogP) is 9.35. The highest BCUT2D eigenvalue weighted by atomic mass is 32.2. The van der Waals surface area contributed by atoms with Crippen LogP contribution in [-0.4, -0.2) is 17.5 Å². The normalized spacial score (nSPS) is 14.5. The molecule has 6 heteroatoms. The van der Waals surface area contributed by atoms with Gasteiger partial charge < -0.3 is 9.25 Å². The van der Waals surface area contributed by atoms with E-state index in [1.165, 1.54) is 38.2 Å². The Morgan fingerprint density at radius 2 is 1.54 bits per heavy atom. The maximum absolute atomic E-state index is 13.2. The zero-order valence-electron chi connectivity index (χ0n) is 24.2. The van der Waals surface area contributed by atoms with Gasteiger partial charge in [0.1, 0.15) is 5.58 Å². The number of furan rings is 1. The van der Waals surface area contributed by atoms with Crippen molar-refractivity contribution in [1.29, 1.82) is 0 Å². The molecule has 1 aromatic heterocycles. The maximum atomic E-state index is 13.2. The summed E-state index contributed by atoms with van der Waals surface area (Å²) in [5, 5.41) is 5.11. The molecule has 0 saturated heterocycles. The molecule has 5 rings (SSSR count). The summed E-state index contributed by atoms with van der Waals surface area (Å²) >= 11 is 1.62. The van der Waals surface area contributed by atoms with Gasteiger partial charge in [0.25, 0.3) is 0 Å². The molecular formula is C35H37NO4S. The van der Waals surface area contributed by atoms with Crippen LogP contribution in [0.25, 0.3) is 11.0 Å². The first kappa shape index (κ1) is 28.9. The van der Waals surface area contributed by atoms with E-state index >= 15 is 0 Å². The average molecular weight is 568 g/mol. The van der Waals surface area contributed by atoms with E-state index in [1.54, 1.807) is 11.8 Å². The van der Waals surface area contributed by atoms with Crippen molar-refractivity contribution in [2.24, 2.45) is 11.1 Å². The van der Waals surface area contributed by atoms with Crippen LogP contribution < -0.4 is 0 Å². The molecule has 212 valence electrons. The summed E-state index contributed by atoms with van der Waals surface area (Å²) in [5.74, 6) is 0.542. The minimum Gasteiger partial charge on any atom is -0.453 e. The quantitative estimate of drug-likeness (QED) is 0.0872. The molecule has 1 aliphatic carbocycles. The lowest BCUT2D eigenvalue weighted by Crippen LogP contribution is -2.10. The highest BCUT2D eigenvalue weighted by Gasteiger charge is 2.19. The maximum Gasteiger partial charge on any atom is 0.331 e. The zero-order chi connectivity index (χ0) is 29.0. The molecule has 0 N–H and O–H groups in total. The number of hydrogen-bond donors (Lipinski definition) is 0. The lowest BCUT2D eigenvalue weighted by atomic mass is 9.86. The van der Waals surface area contributed by atoms with Gasteiger partial charge in [-0.15, -0.1) is 0 Å². The molecule has 1 fully saturated rings. The Kier molecular flexibility index (Phi) is 8.79. The van der Waals surface area contributed by atoms with Crippen molar-refractivity contribution in [1.82, 2.24) is 0 Å². The van der Waals surface area contributed by atoms with Crippen LogP contribution in [0.1, 0.15) is 93.5 Å². The van der Waals surface area contributed by atoms with Gasteiger partial charge in [-0.05, 0) is 89.9 Å². The monoisotopic (exact) mass is 567 g/mol. The Labute approximate surface area is 246 Å². The summed E-state index contributed by atoms with van der Waals surface area (Å²) in [6.07, 6.45) is 7.02. The molecule has 0 bridgehead atoms. The molecule has 0 radical (unpaired) electrons. The van der Waals surface area contributed by atoms with E-state index in [-0.39, 0.29) is 11.2 Å². The van der Waals surface area contributed by atoms with Crippen LogP contribution in [0, 0.1) is 5.92 Å². The molecule has 0 amide bonds. The van der Waals surface area contributed by atoms with Crippen molar-refractivity contribution in [2.45, 2.75) is 81.4 Å². The number of oxime groups is 1. The first-order valence-electron chi connectivity index (χ1n) is 14.4. The molecule has 0 aliphatic heterocycles. The topological polar surface area (TPSA) is 68.9 Å². The van der Waals surface area contributed by atoms with Gasteiger partial charge >= 0.3 is 5.97 Å². The van der Waals surface area contributed by atoms with Crippen molar-refractivity contribution in [2.75, 3.05) is 0 Å². The van der Waals surface area contributed by atoms with E-state index < -0.39 is 5.97 Å². The third kappa shape index (κ3) is 7.36. The predicted molar refractivity (Wildman–Crippen MR) is 165 cm³/mol. The van der Waals surface area contributed by atoms with Gasteiger partial charge in [-0.25, -0.2) is 4.79 Å². The Bertz CT molecular complexity index is 1550. The molecule has 1 heterocycles. The van der Waals surface area contributed by atoms with Crippen LogP contribution in [-0.2, 0) is 15.0 Å². The van der Waals surface area contributed by atoms with Gasteiger partial charge in [0, 0.05) is 27.7 Å². The van der Waals surface area contributed by atoms with Crippen LogP contribution in [0.2, 0.25) is 0 Å². The second kappa shape index (κ2) is 12.5. The van der Waals surface area contributed by atoms with Gasteiger partial charge in [-0.1, -0.05) is 81.6 Å². The summed E-state index contributed by atoms with van der Waals surface area (Å²) in [5.41, 5.74) is 4.32. The highest BCUT2D eigenvalue weighted by molar-refractivity contribution is 7.99. The number of carbonyl (C=O) groups excluding carboxylic acids is 2. The van der Waals surface area contributed by atoms with E-state index in [2.05, 4.69) is 50.2 Å². The number of fused-ring (bicyclic) bond motifs is 1. The molecule has 3 aromatic carbocycles. The summed E-state index contributed by atoms with van der Waals surface area (Å²) < 4.78 is 5.89. The first-order valence-corrected chi connectivity index (χ1v) is 15.2. The Morgan fingerprint density at radius 3 is 2.15 bits per heavy atom. The summed E-state index contributed by atoms with van der Waals surface area (Å²) in [6.45, 7) is 7.88. The molecule has 1 aliphatic rings. The third-order valence-corrected chi connectivity index (χ3v) is 8.71. The molecule has 0 atom stereocenters. The fourth-order valence-corrected chi connectivity index (χ4v) is 6.11. The molecule has 0 spiro atoms. The lowest BCUT2D eigenvalue weighted by Gasteiger charge is -2.18. The van der Waals surface area contributed by atoms with E-state index in [0.717, 1.165) is 50.8 Å². The van der Waals surface area contributed by atoms with E-state index in [4.69, 9.17) is 9.25 Å². The number of nitrogens with zero attached hydrogens (tertiary/aromatic N) is 1. The fourth-order valence-electron chi connectivity index (χ4n) is 5.29. The number of carbonyl (C=O) groups is 2. The number of benzene rings is 3. The van der Waals surface area contributed by atoms with Crippen LogP contribution in [0.3, 0.4) is 0 Å². The molecule has 5 nitrogen and oxygen atoms in total. The fraction of sp³-hybridized carbons (Fsp3) is 0.343. The minimum absolute atomic E-state index is 0.0260. The number of ketones is 1. The lowest BCUT2D eigenvalue weighted by molar-refractivity contribution is -0.140. The summed E-state index contributed by atoms with van der Waals surface area (Å²) in [7, 11) is 0. The second-order valence-corrected chi connectivity index (χ2v) is 13.1. The van der Waals surface area contributed by atoms with Crippen molar-refractivity contribution in [3.63, 3.8) is 0 Å². The molecule has 0 unspecified atom stereocenters. The van der Waals surface area contributed by atoms with Crippen LogP contribution in [0.15, 0.2) is 92.2 Å². The largest absolute Gasteiger partial charge is 0.453 e. The van der Waals surface area contributed by atoms with Crippen LogP contribution in [0.4, 0.5) is 0 Å². The molecule has 1 saturated carbocycles. The second-order valence-electron chi connectivity index (χ2n) is 11.9. The van der Waals surface area contributed by atoms with E-state index in [9.17, 15) is 9.59 Å². The Hall–Kier alpha value is -3.64. The first-order chi connectivity index (χ1) is 19.7. The van der Waals surface area contributed by atoms with Crippen molar-refractivity contribution in [3.8, 4) is 0 Å². The number of rotatable bonds is 9. The van der Waals surface area contributed by atoms with Crippen molar-refractivity contribution in [3.05, 3.63) is 95.2 Å². The SMILES string of the molecule is CC(=O)ON=C(CCC1CCCC1)c1ccc(Sc2ccc(C(=O)c3cc4cc(C(C)(C)C)ccc4o3)cc2)cc1. The van der Waals surface area contributed by atoms with E-state index in [1.807, 2.05) is 48.5 Å². The minimum atomic E-state index is -0.410. The van der Waals surface area contributed by atoms with Crippen LogP contribution >= 0.6 is 11.8 Å². The van der Waals surface area contributed by atoms with Crippen molar-refractivity contribution < 1.29 is 18.8 Å². The van der Waals surface area contributed by atoms with Crippen molar-refractivity contribution >= 4 is 40.2 Å². The Morgan fingerprint density at radius 1 is 0.902 bits per heavy atom. The zero-order valence-corrected chi connectivity index (χ0v) is 25.1. The molecule has 41 heavy (non-hydrogen) atoms. The molecule has 4 aromatic rings. The van der Waals surface area contributed by atoms with Gasteiger partial charge in [0.2, 0.25) is 5.78 Å². The van der Waals surface area contributed by atoms with Gasteiger partial charge in [-0.2, -0.15) is 0 Å². The Balaban J connectivity index is 1.24. The molecular weight excluding hydrogens is 530 g/mol. The van der Waals surface area contributed by atoms with Gasteiger partial charge in [-0.3, -0.25) is 4.79 Å². The van der Waals surface area contributed by atoms with Gasteiger partial charge in [0.05, 0.1) is 5.71 Å². The smallest absolute Gasteiger partial charge is 0.331 e. The third-order valence-electron chi connectivity index (χ3n) is 7.69. The number of hydrogen-bond acceptors (Lipinski definition) is 6. The van der Waals surface area contributed by atoms with E-state index in [0.29, 0.717) is 11.3 Å². The summed E-state index contributed by atoms with van der Waals surface area (Å²) in [4.78, 5) is 31.6. The standard InChI is InChI=1S/C35H37NO4S/c1-23(37)40-36-31(19-9-24-7-5-6-8-24)25-10-15-29(16-11-25)41-30-17-12-26(13-18-30)34(38)33-22-27-21-28(35(2,3)4)14-20-32(27)39-33/h10-18,20-22,24H,5-9,19H2,1-4H3. The van der Waals surface area contributed by atoms with Crippen LogP contribution in [0.5, 0.6) is 0 Å².